The molecule has 2 rings (SSSR count). The van der Waals surface area contributed by atoms with Gasteiger partial charge in [-0.25, -0.2) is 14.2 Å². The first-order chi connectivity index (χ1) is 9.90. The van der Waals surface area contributed by atoms with Crippen LogP contribution < -0.4 is 10.7 Å². The van der Waals surface area contributed by atoms with Crippen LogP contribution >= 0.6 is 0 Å². The van der Waals surface area contributed by atoms with Gasteiger partial charge >= 0.3 is 0 Å². The van der Waals surface area contributed by atoms with E-state index in [2.05, 4.69) is 5.10 Å². The number of anilines is 1. The molecule has 8 nitrogen and oxygen atoms in total. The van der Waals surface area contributed by atoms with Gasteiger partial charge < -0.3 is 5.32 Å². The van der Waals surface area contributed by atoms with Crippen LogP contribution in [0, 0.1) is 21.7 Å². The third-order valence-electron chi connectivity index (χ3n) is 2.67. The molecular formula is C11H8F2N4O4. The van der Waals surface area contributed by atoms with Gasteiger partial charge in [-0.05, 0) is 6.07 Å². The first kappa shape index (κ1) is 14.5. The smallest absolute Gasteiger partial charge is 0.296 e. The third kappa shape index (κ3) is 2.99. The zero-order chi connectivity index (χ0) is 15.6. The molecule has 0 aromatic heterocycles. The Morgan fingerprint density at radius 1 is 1.38 bits per heavy atom. The molecule has 1 aromatic rings. The number of carbonyl (C=O) groups is 2. The van der Waals surface area contributed by atoms with E-state index in [9.17, 15) is 28.5 Å². The number of nitrogens with zero attached hydrogens (tertiary/aromatic N) is 2. The van der Waals surface area contributed by atoms with E-state index in [0.29, 0.717) is 6.07 Å². The second-order valence-corrected chi connectivity index (χ2v) is 4.06. The van der Waals surface area contributed by atoms with Crippen LogP contribution in [0.1, 0.15) is 12.8 Å². The van der Waals surface area contributed by atoms with E-state index in [1.54, 1.807) is 0 Å². The predicted octanol–water partition coefficient (Wildman–Crippen LogP) is 1.08. The number of halogens is 2. The van der Waals surface area contributed by atoms with Gasteiger partial charge in [-0.3, -0.25) is 19.7 Å². The summed E-state index contributed by atoms with van der Waals surface area (Å²) < 4.78 is 26.7. The van der Waals surface area contributed by atoms with Crippen LogP contribution in [0.3, 0.4) is 0 Å². The summed E-state index contributed by atoms with van der Waals surface area (Å²) in [6.45, 7) is 0. The van der Waals surface area contributed by atoms with Crippen molar-refractivity contribution in [3.05, 3.63) is 33.9 Å². The normalized spacial score (nSPS) is 14.2. The second-order valence-electron chi connectivity index (χ2n) is 4.06. The van der Waals surface area contributed by atoms with Gasteiger partial charge in [0.1, 0.15) is 5.71 Å². The molecule has 0 spiro atoms. The molecule has 0 fully saturated rings. The summed E-state index contributed by atoms with van der Waals surface area (Å²) in [5.41, 5.74) is 0.229. The fourth-order valence-corrected chi connectivity index (χ4v) is 1.64. The van der Waals surface area contributed by atoms with Crippen molar-refractivity contribution in [2.75, 3.05) is 5.32 Å². The Balaban J connectivity index is 2.31. The summed E-state index contributed by atoms with van der Waals surface area (Å²) >= 11 is 0. The van der Waals surface area contributed by atoms with Crippen molar-refractivity contribution in [1.82, 2.24) is 5.43 Å². The number of hydrogen-bond acceptors (Lipinski definition) is 5. The van der Waals surface area contributed by atoms with Gasteiger partial charge in [0, 0.05) is 18.9 Å². The number of benzene rings is 1. The highest BCUT2D eigenvalue weighted by atomic mass is 19.2. The Hall–Kier alpha value is -2.91. The van der Waals surface area contributed by atoms with Gasteiger partial charge in [-0.15, -0.1) is 0 Å². The highest BCUT2D eigenvalue weighted by Crippen LogP contribution is 2.29. The van der Waals surface area contributed by atoms with Crippen LogP contribution in [-0.2, 0) is 9.59 Å². The number of hydrogen-bond donors (Lipinski definition) is 2. The summed E-state index contributed by atoms with van der Waals surface area (Å²) in [6.07, 6.45) is -0.0115. The minimum Gasteiger partial charge on any atom is -0.313 e. The molecule has 2 amide bonds. The summed E-state index contributed by atoms with van der Waals surface area (Å²) in [4.78, 5) is 32.5. The monoisotopic (exact) mass is 298 g/mol. The molecule has 1 aliphatic heterocycles. The maximum absolute atomic E-state index is 13.6. The lowest BCUT2D eigenvalue weighted by Crippen LogP contribution is -2.33. The van der Waals surface area contributed by atoms with Crippen LogP contribution in [0.2, 0.25) is 0 Å². The molecule has 1 aromatic carbocycles. The molecule has 1 aliphatic rings. The van der Waals surface area contributed by atoms with E-state index >= 15 is 0 Å². The Morgan fingerprint density at radius 3 is 2.67 bits per heavy atom. The van der Waals surface area contributed by atoms with E-state index in [0.717, 1.165) is 6.07 Å². The molecule has 10 heteroatoms. The Kier molecular flexibility index (Phi) is 3.87. The quantitative estimate of drug-likeness (QED) is 0.641. The Labute approximate surface area is 116 Å². The number of nitro benzene ring substituents is 1. The van der Waals surface area contributed by atoms with Crippen LogP contribution in [0.5, 0.6) is 0 Å². The lowest BCUT2D eigenvalue weighted by molar-refractivity contribution is -0.384. The van der Waals surface area contributed by atoms with Crippen molar-refractivity contribution in [1.29, 1.82) is 0 Å². The van der Waals surface area contributed by atoms with E-state index in [4.69, 9.17) is 0 Å². The average molecular weight is 298 g/mol. The number of amides is 2. The van der Waals surface area contributed by atoms with Crippen molar-refractivity contribution in [2.45, 2.75) is 12.8 Å². The number of rotatable bonds is 3. The number of nitro groups is 1. The Bertz CT molecular complexity index is 674. The summed E-state index contributed by atoms with van der Waals surface area (Å²) in [6, 6.07) is 1.32. The van der Waals surface area contributed by atoms with Crippen molar-refractivity contribution in [3.8, 4) is 0 Å². The average Bonchev–Trinajstić information content (AvgIpc) is 2.44. The molecule has 2 N–H and O–H groups in total. The standard InChI is InChI=1S/C11H8F2N4O4/c12-5-1-3-7(17(20)21)10(9(5)13)14-11(19)6-2-4-8(18)16-15-6/h1,3H,2,4H2,(H,14,19)(H,16,18). The molecular weight excluding hydrogens is 290 g/mol. The summed E-state index contributed by atoms with van der Waals surface area (Å²) in [5, 5.41) is 16.1. The van der Waals surface area contributed by atoms with Gasteiger partial charge in [0.2, 0.25) is 5.91 Å². The second kappa shape index (κ2) is 5.61. The van der Waals surface area contributed by atoms with Crippen molar-refractivity contribution < 1.29 is 23.3 Å². The number of nitrogens with one attached hydrogen (secondary N) is 2. The maximum atomic E-state index is 13.6. The van der Waals surface area contributed by atoms with E-state index < -0.39 is 39.7 Å². The van der Waals surface area contributed by atoms with Gasteiger partial charge in [-0.1, -0.05) is 0 Å². The number of carbonyl (C=O) groups excluding carboxylic acids is 2. The fourth-order valence-electron chi connectivity index (χ4n) is 1.64. The minimum absolute atomic E-state index is 0.0000203. The molecule has 0 bridgehead atoms. The van der Waals surface area contributed by atoms with E-state index in [-0.39, 0.29) is 18.6 Å². The van der Waals surface area contributed by atoms with Gasteiger partial charge in [0.25, 0.3) is 11.6 Å². The number of hydrazone groups is 1. The molecule has 0 atom stereocenters. The van der Waals surface area contributed by atoms with E-state index in [1.807, 2.05) is 10.7 Å². The molecule has 1 heterocycles. The molecule has 0 aliphatic carbocycles. The molecule has 0 radical (unpaired) electrons. The largest absolute Gasteiger partial charge is 0.313 e. The lowest BCUT2D eigenvalue weighted by atomic mass is 10.1. The fraction of sp³-hybridized carbons (Fsp3) is 0.182. The Morgan fingerprint density at radius 2 is 2.10 bits per heavy atom. The van der Waals surface area contributed by atoms with Crippen LogP contribution in [0.25, 0.3) is 0 Å². The highest BCUT2D eigenvalue weighted by Gasteiger charge is 2.26. The summed E-state index contributed by atoms with van der Waals surface area (Å²) in [7, 11) is 0. The van der Waals surface area contributed by atoms with Crippen LogP contribution in [0.4, 0.5) is 20.2 Å². The SMILES string of the molecule is O=C1CCC(C(=O)Nc2c([N+](=O)[O-])ccc(F)c2F)=NN1. The molecule has 0 unspecified atom stereocenters. The van der Waals surface area contributed by atoms with Crippen LogP contribution in [0.15, 0.2) is 17.2 Å². The topological polar surface area (TPSA) is 114 Å². The van der Waals surface area contributed by atoms with Crippen LogP contribution in [-0.4, -0.2) is 22.4 Å². The predicted molar refractivity (Wildman–Crippen MR) is 66.5 cm³/mol. The summed E-state index contributed by atoms with van der Waals surface area (Å²) in [5.74, 6) is -4.23. The van der Waals surface area contributed by atoms with Crippen molar-refractivity contribution >= 4 is 28.9 Å². The molecule has 0 saturated carbocycles. The first-order valence-corrected chi connectivity index (χ1v) is 5.69. The zero-order valence-electron chi connectivity index (χ0n) is 10.4. The lowest BCUT2D eigenvalue weighted by Gasteiger charge is -2.12. The van der Waals surface area contributed by atoms with Gasteiger partial charge in [0.15, 0.2) is 17.3 Å². The third-order valence-corrected chi connectivity index (χ3v) is 2.67. The van der Waals surface area contributed by atoms with Gasteiger partial charge in [0.05, 0.1) is 4.92 Å². The maximum Gasteiger partial charge on any atom is 0.296 e. The zero-order valence-corrected chi connectivity index (χ0v) is 10.4. The van der Waals surface area contributed by atoms with Crippen molar-refractivity contribution in [3.63, 3.8) is 0 Å². The van der Waals surface area contributed by atoms with Gasteiger partial charge in [-0.2, -0.15) is 5.10 Å². The molecule has 21 heavy (non-hydrogen) atoms. The van der Waals surface area contributed by atoms with Crippen molar-refractivity contribution in [2.24, 2.45) is 5.10 Å². The molecule has 110 valence electrons. The first-order valence-electron chi connectivity index (χ1n) is 5.69. The van der Waals surface area contributed by atoms with E-state index in [1.165, 1.54) is 0 Å². The minimum atomic E-state index is -1.54. The highest BCUT2D eigenvalue weighted by molar-refractivity contribution is 6.43. The molecule has 0 saturated heterocycles.